The Hall–Kier alpha value is 0.430. The van der Waals surface area contributed by atoms with Gasteiger partial charge < -0.3 is 4.52 Å². The molecule has 0 aromatic rings. The van der Waals surface area contributed by atoms with E-state index in [0.29, 0.717) is 12.5 Å². The number of hydrogen-bond acceptors (Lipinski definition) is 4. The van der Waals surface area contributed by atoms with Gasteiger partial charge in [0.1, 0.15) is 0 Å². The second-order valence-electron chi connectivity index (χ2n) is 3.37. The van der Waals surface area contributed by atoms with E-state index < -0.39 is 5.62 Å². The fourth-order valence-corrected chi connectivity index (χ4v) is 5.85. The summed E-state index contributed by atoms with van der Waals surface area (Å²) < 4.78 is 7.07. The first-order valence-corrected chi connectivity index (χ1v) is 9.34. The van der Waals surface area contributed by atoms with Crippen LogP contribution in [0.1, 0.15) is 27.2 Å². The Bertz CT molecular complexity index is 238. The maximum absolute atomic E-state index is 10.7. The summed E-state index contributed by atoms with van der Waals surface area (Å²) in [6.07, 6.45) is 1.89. The van der Waals surface area contributed by atoms with Gasteiger partial charge in [-0.2, -0.15) is 0 Å². The van der Waals surface area contributed by atoms with Crippen molar-refractivity contribution in [2.24, 2.45) is 5.92 Å². The summed E-state index contributed by atoms with van der Waals surface area (Å²) >= 11 is 7.05. The number of carbonyl (C=O) groups excluding carboxylic acids is 1. The molecule has 6 heteroatoms. The van der Waals surface area contributed by atoms with E-state index in [1.165, 1.54) is 4.67 Å². The van der Waals surface area contributed by atoms with Crippen LogP contribution in [0.5, 0.6) is 0 Å². The first kappa shape index (κ1) is 15.4. The molecule has 0 aromatic heterocycles. The molecule has 90 valence electrons. The minimum Gasteiger partial charge on any atom is -0.327 e. The van der Waals surface area contributed by atoms with E-state index in [0.717, 1.165) is 18.6 Å². The molecule has 0 aliphatic rings. The van der Waals surface area contributed by atoms with Gasteiger partial charge in [-0.3, -0.25) is 9.46 Å². The lowest BCUT2D eigenvalue weighted by atomic mass is 10.2. The van der Waals surface area contributed by atoms with Crippen LogP contribution in [0.3, 0.4) is 0 Å². The van der Waals surface area contributed by atoms with Crippen LogP contribution in [0.15, 0.2) is 0 Å². The van der Waals surface area contributed by atoms with E-state index in [4.69, 9.17) is 16.3 Å². The molecule has 0 saturated heterocycles. The standard InChI is InChI=1S/C9H20NO2PS2/c1-5-9(3)7-15-13(14,12-6-2)10(4)8-11/h8-9H,5-7H2,1-4H3. The predicted molar refractivity (Wildman–Crippen MR) is 71.7 cm³/mol. The molecule has 15 heavy (non-hydrogen) atoms. The minimum absolute atomic E-state index is 0.558. The lowest BCUT2D eigenvalue weighted by molar-refractivity contribution is -0.113. The minimum atomic E-state index is -2.16. The highest BCUT2D eigenvalue weighted by molar-refractivity contribution is 8.68. The highest BCUT2D eigenvalue weighted by Gasteiger charge is 2.23. The Kier molecular flexibility index (Phi) is 7.88. The molecule has 0 rings (SSSR count). The Morgan fingerprint density at radius 3 is 2.60 bits per heavy atom. The van der Waals surface area contributed by atoms with Gasteiger partial charge in [0, 0.05) is 12.8 Å². The van der Waals surface area contributed by atoms with E-state index in [9.17, 15) is 4.79 Å². The highest BCUT2D eigenvalue weighted by Crippen LogP contribution is 2.61. The number of hydrogen-bond donors (Lipinski definition) is 0. The first-order chi connectivity index (χ1) is 7.00. The van der Waals surface area contributed by atoms with Crippen molar-refractivity contribution in [1.82, 2.24) is 4.67 Å². The van der Waals surface area contributed by atoms with E-state index in [2.05, 4.69) is 13.8 Å². The summed E-state index contributed by atoms with van der Waals surface area (Å²) in [5.41, 5.74) is -2.16. The van der Waals surface area contributed by atoms with Crippen molar-refractivity contribution in [3.63, 3.8) is 0 Å². The molecule has 0 fully saturated rings. The van der Waals surface area contributed by atoms with Crippen molar-refractivity contribution in [2.45, 2.75) is 27.2 Å². The maximum atomic E-state index is 10.7. The van der Waals surface area contributed by atoms with Gasteiger partial charge in [0.05, 0.1) is 6.61 Å². The molecule has 0 bridgehead atoms. The third-order valence-corrected chi connectivity index (χ3v) is 9.10. The van der Waals surface area contributed by atoms with E-state index in [1.807, 2.05) is 6.92 Å². The molecule has 0 saturated carbocycles. The number of amides is 1. The van der Waals surface area contributed by atoms with Gasteiger partial charge in [-0.15, -0.1) is 0 Å². The molecule has 3 nitrogen and oxygen atoms in total. The SMILES string of the molecule is CCOP(=S)(SCC(C)CC)N(C)C=O. The van der Waals surface area contributed by atoms with Gasteiger partial charge in [-0.05, 0) is 24.6 Å². The van der Waals surface area contributed by atoms with Crippen molar-refractivity contribution >= 4 is 35.2 Å². The molecule has 0 radical (unpaired) electrons. The first-order valence-electron chi connectivity index (χ1n) is 5.07. The average molecular weight is 269 g/mol. The van der Waals surface area contributed by atoms with E-state index in [1.54, 1.807) is 18.4 Å². The Balaban J connectivity index is 4.38. The summed E-state index contributed by atoms with van der Waals surface area (Å²) in [6, 6.07) is 0. The fourth-order valence-electron chi connectivity index (χ4n) is 0.780. The molecule has 2 unspecified atom stereocenters. The van der Waals surface area contributed by atoms with Gasteiger partial charge in [-0.25, -0.2) is 0 Å². The smallest absolute Gasteiger partial charge is 0.215 e. The van der Waals surface area contributed by atoms with Crippen LogP contribution in [0.2, 0.25) is 0 Å². The number of carbonyl (C=O) groups is 1. The van der Waals surface area contributed by atoms with Crippen LogP contribution in [0.4, 0.5) is 0 Å². The second-order valence-corrected chi connectivity index (χ2v) is 10.2. The molecule has 0 N–H and O–H groups in total. The zero-order valence-electron chi connectivity index (χ0n) is 9.80. The third kappa shape index (κ3) is 5.34. The largest absolute Gasteiger partial charge is 0.327 e. The number of rotatable bonds is 8. The van der Waals surface area contributed by atoms with Crippen molar-refractivity contribution in [1.29, 1.82) is 0 Å². The third-order valence-electron chi connectivity index (χ3n) is 2.05. The zero-order chi connectivity index (χ0) is 11.9. The number of nitrogens with zero attached hydrogens (tertiary/aromatic N) is 1. The van der Waals surface area contributed by atoms with Crippen molar-refractivity contribution in [2.75, 3.05) is 19.4 Å². The Morgan fingerprint density at radius 1 is 1.60 bits per heavy atom. The molecular weight excluding hydrogens is 249 g/mol. The fraction of sp³-hybridized carbons (Fsp3) is 0.889. The van der Waals surface area contributed by atoms with Crippen molar-refractivity contribution < 1.29 is 9.32 Å². The van der Waals surface area contributed by atoms with Gasteiger partial charge in [0.15, 0.2) is 0 Å². The summed E-state index contributed by atoms with van der Waals surface area (Å²) in [5, 5.41) is 0. The van der Waals surface area contributed by atoms with Gasteiger partial charge in [0.2, 0.25) is 12.0 Å². The predicted octanol–water partition coefficient (Wildman–Crippen LogP) is 3.11. The lowest BCUT2D eigenvalue weighted by Crippen LogP contribution is -2.13. The van der Waals surface area contributed by atoms with Crippen molar-refractivity contribution in [3.8, 4) is 0 Å². The molecule has 2 atom stereocenters. The van der Waals surface area contributed by atoms with E-state index in [-0.39, 0.29) is 0 Å². The monoisotopic (exact) mass is 269 g/mol. The van der Waals surface area contributed by atoms with Crippen LogP contribution in [-0.4, -0.2) is 30.5 Å². The van der Waals surface area contributed by atoms with E-state index >= 15 is 0 Å². The normalized spacial score (nSPS) is 16.8. The molecule has 0 spiro atoms. The molecule has 0 aromatic carbocycles. The zero-order valence-corrected chi connectivity index (χ0v) is 12.3. The Labute approximate surface area is 102 Å². The van der Waals surface area contributed by atoms with Gasteiger partial charge >= 0.3 is 0 Å². The maximum Gasteiger partial charge on any atom is 0.215 e. The molecule has 0 aliphatic heterocycles. The lowest BCUT2D eigenvalue weighted by Gasteiger charge is -2.28. The topological polar surface area (TPSA) is 29.5 Å². The van der Waals surface area contributed by atoms with Crippen LogP contribution in [0.25, 0.3) is 0 Å². The molecular formula is C9H20NO2PS2. The summed E-state index contributed by atoms with van der Waals surface area (Å²) in [5.74, 6) is 1.56. The van der Waals surface area contributed by atoms with Crippen LogP contribution < -0.4 is 0 Å². The molecule has 1 amide bonds. The van der Waals surface area contributed by atoms with Crippen molar-refractivity contribution in [3.05, 3.63) is 0 Å². The Morgan fingerprint density at radius 2 is 2.20 bits per heavy atom. The molecule has 0 heterocycles. The summed E-state index contributed by atoms with van der Waals surface area (Å²) in [4.78, 5) is 10.7. The van der Waals surface area contributed by atoms with Crippen LogP contribution in [0, 0.1) is 5.92 Å². The highest BCUT2D eigenvalue weighted by atomic mass is 32.9. The summed E-state index contributed by atoms with van der Waals surface area (Å²) in [6.45, 7) is 6.80. The quantitative estimate of drug-likeness (QED) is 0.500. The van der Waals surface area contributed by atoms with Gasteiger partial charge in [0.25, 0.3) is 0 Å². The van der Waals surface area contributed by atoms with Crippen LogP contribution >= 0.6 is 17.0 Å². The average Bonchev–Trinajstić information content (AvgIpc) is 2.25. The van der Waals surface area contributed by atoms with Gasteiger partial charge in [-0.1, -0.05) is 31.7 Å². The summed E-state index contributed by atoms with van der Waals surface area (Å²) in [7, 11) is 1.70. The van der Waals surface area contributed by atoms with Crippen LogP contribution in [-0.2, 0) is 21.1 Å². The molecule has 0 aliphatic carbocycles. The second kappa shape index (κ2) is 7.66.